The van der Waals surface area contributed by atoms with Gasteiger partial charge in [-0.05, 0) is 52.1 Å². The molecular weight excluding hydrogens is 300 g/mol. The van der Waals surface area contributed by atoms with Crippen molar-refractivity contribution < 1.29 is 8.78 Å². The largest absolute Gasteiger partial charge is 0.333 e. The van der Waals surface area contributed by atoms with Crippen molar-refractivity contribution in [1.29, 1.82) is 0 Å². The Morgan fingerprint density at radius 3 is 2.83 bits per heavy atom. The summed E-state index contributed by atoms with van der Waals surface area (Å²) in [6.07, 6.45) is 4.93. The maximum absolute atomic E-state index is 13.7. The minimum atomic E-state index is -0.949. The maximum Gasteiger partial charge on any atom is 0.202 e. The summed E-state index contributed by atoms with van der Waals surface area (Å²) < 4.78 is 27.0. The molecule has 4 N–H and O–H groups in total. The molecule has 0 radical (unpaired) electrons. The van der Waals surface area contributed by atoms with Gasteiger partial charge >= 0.3 is 0 Å². The van der Waals surface area contributed by atoms with Crippen molar-refractivity contribution in [3.63, 3.8) is 0 Å². The van der Waals surface area contributed by atoms with Gasteiger partial charge in [-0.3, -0.25) is 0 Å². The number of nitrogens with two attached hydrogens (primary N) is 1. The van der Waals surface area contributed by atoms with Gasteiger partial charge < -0.3 is 21.3 Å². The average molecular weight is 323 g/mol. The van der Waals surface area contributed by atoms with Gasteiger partial charge in [-0.15, -0.1) is 0 Å². The first-order valence-electron chi connectivity index (χ1n) is 7.51. The Labute approximate surface area is 135 Å². The van der Waals surface area contributed by atoms with Crippen LogP contribution in [0.25, 0.3) is 0 Å². The Morgan fingerprint density at radius 1 is 1.39 bits per heavy atom. The van der Waals surface area contributed by atoms with Gasteiger partial charge in [-0.25, -0.2) is 13.8 Å². The lowest BCUT2D eigenvalue weighted by Crippen LogP contribution is -2.44. The van der Waals surface area contributed by atoms with Crippen molar-refractivity contribution in [2.24, 2.45) is 10.7 Å². The molecule has 0 spiro atoms. The van der Waals surface area contributed by atoms with E-state index in [2.05, 4.69) is 27.4 Å². The van der Waals surface area contributed by atoms with E-state index in [1.54, 1.807) is 12.3 Å². The second-order valence-corrected chi connectivity index (χ2v) is 6.01. The predicted molar refractivity (Wildman–Crippen MR) is 89.0 cm³/mol. The Kier molecular flexibility index (Phi) is 5.33. The number of guanidine groups is 1. The average Bonchev–Trinajstić information content (AvgIpc) is 2.49. The maximum atomic E-state index is 13.7. The van der Waals surface area contributed by atoms with E-state index in [0.717, 1.165) is 12.5 Å². The second-order valence-electron chi connectivity index (χ2n) is 6.01. The molecular formula is C16H23F2N5. The molecule has 1 aromatic carbocycles. The van der Waals surface area contributed by atoms with Crippen LogP contribution in [0.3, 0.4) is 0 Å². The van der Waals surface area contributed by atoms with Crippen LogP contribution in [-0.4, -0.2) is 36.7 Å². The number of halogens is 2. The number of nitrogens with one attached hydrogen (secondary N) is 2. The van der Waals surface area contributed by atoms with Crippen LogP contribution < -0.4 is 16.4 Å². The summed E-state index contributed by atoms with van der Waals surface area (Å²) in [5, 5.41) is 5.60. The molecule has 1 heterocycles. The highest BCUT2D eigenvalue weighted by molar-refractivity contribution is 5.95. The molecule has 23 heavy (non-hydrogen) atoms. The van der Waals surface area contributed by atoms with E-state index < -0.39 is 17.3 Å². The molecule has 126 valence electrons. The topological polar surface area (TPSA) is 65.7 Å². The highest BCUT2D eigenvalue weighted by Gasteiger charge is 2.25. The van der Waals surface area contributed by atoms with E-state index in [1.807, 2.05) is 14.1 Å². The first-order chi connectivity index (χ1) is 10.8. The molecule has 0 fully saturated rings. The van der Waals surface area contributed by atoms with Gasteiger partial charge in [-0.1, -0.05) is 6.07 Å². The fourth-order valence-electron chi connectivity index (χ4n) is 2.17. The fraction of sp³-hybridized carbons (Fsp3) is 0.438. The van der Waals surface area contributed by atoms with Gasteiger partial charge in [-0.2, -0.15) is 0 Å². The quantitative estimate of drug-likeness (QED) is 0.777. The summed E-state index contributed by atoms with van der Waals surface area (Å²) in [6, 6.07) is 4.29. The lowest BCUT2D eigenvalue weighted by molar-refractivity contribution is 0.278. The minimum absolute atomic E-state index is 0.00978. The number of nitrogens with zero attached hydrogens (tertiary/aromatic N) is 2. The highest BCUT2D eigenvalue weighted by Crippen LogP contribution is 2.20. The molecule has 0 saturated carbocycles. The van der Waals surface area contributed by atoms with Crippen molar-refractivity contribution in [2.45, 2.75) is 31.5 Å². The molecule has 2 rings (SSSR count). The number of hydrogen-bond donors (Lipinski definition) is 3. The number of anilines is 1. The van der Waals surface area contributed by atoms with Crippen LogP contribution in [0.2, 0.25) is 0 Å². The standard InChI is InChI=1S/C16H23F2N5/c1-11(23(2)3)7-8-16(19)9-10-20-15(22-16)21-13-6-4-5-12(17)14(13)18/h4-6,9-11H,7-8,19H2,1-3H3,(H2,20,21,22). The number of benzene rings is 1. The van der Waals surface area contributed by atoms with Crippen LogP contribution in [-0.2, 0) is 0 Å². The van der Waals surface area contributed by atoms with Gasteiger partial charge in [0.15, 0.2) is 11.6 Å². The summed E-state index contributed by atoms with van der Waals surface area (Å²) in [7, 11) is 4.02. The zero-order valence-corrected chi connectivity index (χ0v) is 13.6. The van der Waals surface area contributed by atoms with E-state index >= 15 is 0 Å². The zero-order chi connectivity index (χ0) is 17.0. The van der Waals surface area contributed by atoms with E-state index in [-0.39, 0.29) is 11.6 Å². The van der Waals surface area contributed by atoms with Crippen molar-refractivity contribution in [1.82, 2.24) is 10.2 Å². The first-order valence-corrected chi connectivity index (χ1v) is 7.51. The lowest BCUT2D eigenvalue weighted by atomic mass is 10.0. The SMILES string of the molecule is CC(CCC1(N)C=CNC(Nc2cccc(F)c2F)=N1)N(C)C. The van der Waals surface area contributed by atoms with Gasteiger partial charge in [0.05, 0.1) is 5.69 Å². The molecule has 1 aliphatic heterocycles. The fourth-order valence-corrected chi connectivity index (χ4v) is 2.17. The molecule has 7 heteroatoms. The molecule has 1 aromatic rings. The smallest absolute Gasteiger partial charge is 0.202 e. The summed E-state index contributed by atoms with van der Waals surface area (Å²) >= 11 is 0. The van der Waals surface area contributed by atoms with Crippen LogP contribution >= 0.6 is 0 Å². The summed E-state index contributed by atoms with van der Waals surface area (Å²) in [6.45, 7) is 2.11. The molecule has 2 unspecified atom stereocenters. The van der Waals surface area contributed by atoms with E-state index in [4.69, 9.17) is 5.73 Å². The van der Waals surface area contributed by atoms with Crippen molar-refractivity contribution in [2.75, 3.05) is 19.4 Å². The van der Waals surface area contributed by atoms with Gasteiger partial charge in [0.2, 0.25) is 5.96 Å². The number of rotatable bonds is 5. The van der Waals surface area contributed by atoms with Crippen LogP contribution in [0, 0.1) is 11.6 Å². The monoisotopic (exact) mass is 323 g/mol. The van der Waals surface area contributed by atoms with Crippen LogP contribution in [0.1, 0.15) is 19.8 Å². The van der Waals surface area contributed by atoms with E-state index in [9.17, 15) is 8.78 Å². The number of hydrogen-bond acceptors (Lipinski definition) is 5. The minimum Gasteiger partial charge on any atom is -0.333 e. The predicted octanol–water partition coefficient (Wildman–Crippen LogP) is 2.23. The van der Waals surface area contributed by atoms with Crippen LogP contribution in [0.15, 0.2) is 35.5 Å². The van der Waals surface area contributed by atoms with Crippen LogP contribution in [0.5, 0.6) is 0 Å². The molecule has 0 aliphatic carbocycles. The van der Waals surface area contributed by atoms with Crippen molar-refractivity contribution in [3.05, 3.63) is 42.1 Å². The molecule has 2 atom stereocenters. The highest BCUT2D eigenvalue weighted by atomic mass is 19.2. The van der Waals surface area contributed by atoms with Crippen molar-refractivity contribution >= 4 is 11.6 Å². The van der Waals surface area contributed by atoms with Gasteiger partial charge in [0.25, 0.3) is 0 Å². The Hall–Kier alpha value is -1.99. The third-order valence-corrected chi connectivity index (χ3v) is 3.96. The molecule has 0 aromatic heterocycles. The van der Waals surface area contributed by atoms with Crippen molar-refractivity contribution in [3.8, 4) is 0 Å². The Balaban J connectivity index is 2.08. The third-order valence-electron chi connectivity index (χ3n) is 3.96. The molecule has 0 amide bonds. The summed E-state index contributed by atoms with van der Waals surface area (Å²) in [4.78, 5) is 6.50. The summed E-state index contributed by atoms with van der Waals surface area (Å²) in [5.41, 5.74) is 5.42. The Bertz CT molecular complexity index is 614. The Morgan fingerprint density at radius 2 is 2.13 bits per heavy atom. The zero-order valence-electron chi connectivity index (χ0n) is 13.6. The third kappa shape index (κ3) is 4.49. The van der Waals surface area contributed by atoms with Crippen LogP contribution in [0.4, 0.5) is 14.5 Å². The lowest BCUT2D eigenvalue weighted by Gasteiger charge is -2.29. The first kappa shape index (κ1) is 17.4. The number of aliphatic imine (C=N–C) groups is 1. The van der Waals surface area contributed by atoms with E-state index in [1.165, 1.54) is 12.1 Å². The molecule has 5 nitrogen and oxygen atoms in total. The molecule has 1 aliphatic rings. The normalized spacial score (nSPS) is 21.8. The summed E-state index contributed by atoms with van der Waals surface area (Å²) in [5.74, 6) is -1.58. The molecule has 0 saturated heterocycles. The second kappa shape index (κ2) is 7.06. The van der Waals surface area contributed by atoms with Gasteiger partial charge in [0, 0.05) is 12.2 Å². The van der Waals surface area contributed by atoms with E-state index in [0.29, 0.717) is 12.5 Å². The van der Waals surface area contributed by atoms with Gasteiger partial charge in [0.1, 0.15) is 5.66 Å². The molecule has 0 bridgehead atoms.